The Morgan fingerprint density at radius 2 is 2.05 bits per heavy atom. The third-order valence-electron chi connectivity index (χ3n) is 2.52. The fourth-order valence-corrected chi connectivity index (χ4v) is 3.30. The van der Waals surface area contributed by atoms with Crippen molar-refractivity contribution in [1.82, 2.24) is 4.98 Å². The number of hydrogen-bond donors (Lipinski definition) is 1. The molecule has 3 rings (SSSR count). The van der Waals surface area contributed by atoms with Crippen molar-refractivity contribution in [3.05, 3.63) is 51.7 Å². The summed E-state index contributed by atoms with van der Waals surface area (Å²) in [5, 5.41) is 4.16. The van der Waals surface area contributed by atoms with E-state index in [2.05, 4.69) is 26.2 Å². The van der Waals surface area contributed by atoms with E-state index in [1.165, 1.54) is 23.5 Å². The van der Waals surface area contributed by atoms with Crippen molar-refractivity contribution in [3.63, 3.8) is 0 Å². The van der Waals surface area contributed by atoms with Gasteiger partial charge >= 0.3 is 0 Å². The van der Waals surface area contributed by atoms with E-state index < -0.39 is 0 Å². The number of hydrogen-bond acceptors (Lipinski definition) is 3. The van der Waals surface area contributed by atoms with Crippen LogP contribution in [0.25, 0.3) is 10.2 Å². The molecule has 1 heterocycles. The predicted molar refractivity (Wildman–Crippen MR) is 82.0 cm³/mol. The monoisotopic (exact) mass is 356 g/mol. The molecule has 6 heteroatoms. The fraction of sp³-hybridized carbons (Fsp3) is 0. The molecule has 0 amide bonds. The van der Waals surface area contributed by atoms with E-state index in [0.717, 1.165) is 19.8 Å². The molecule has 1 aromatic heterocycles. The maximum Gasteiger partial charge on any atom is 0.188 e. The lowest BCUT2D eigenvalue weighted by Crippen LogP contribution is -1.90. The first-order valence-corrected chi connectivity index (χ1v) is 7.39. The molecule has 1 N–H and O–H groups in total. The molecule has 0 bridgehead atoms. The van der Waals surface area contributed by atoms with Crippen LogP contribution in [0.1, 0.15) is 0 Å². The van der Waals surface area contributed by atoms with Gasteiger partial charge in [0.2, 0.25) is 0 Å². The Morgan fingerprint density at radius 3 is 2.84 bits per heavy atom. The first-order chi connectivity index (χ1) is 9.11. The van der Waals surface area contributed by atoms with Gasteiger partial charge in [-0.15, -0.1) is 0 Å². The lowest BCUT2D eigenvalue weighted by atomic mass is 10.3. The first kappa shape index (κ1) is 12.8. The molecule has 0 spiro atoms. The van der Waals surface area contributed by atoms with Crippen LogP contribution in [-0.2, 0) is 0 Å². The lowest BCUT2D eigenvalue weighted by Gasteiger charge is -2.04. The summed E-state index contributed by atoms with van der Waals surface area (Å²) in [6, 6.07) is 10.1. The zero-order valence-corrected chi connectivity index (χ0v) is 12.6. The van der Waals surface area contributed by atoms with Crippen LogP contribution in [-0.4, -0.2) is 4.98 Å². The van der Waals surface area contributed by atoms with Crippen LogP contribution in [0.3, 0.4) is 0 Å². The van der Waals surface area contributed by atoms with Crippen molar-refractivity contribution in [3.8, 4) is 0 Å². The molecule has 0 atom stereocenters. The number of anilines is 2. The maximum atomic E-state index is 13.0. The van der Waals surface area contributed by atoms with Crippen molar-refractivity contribution >= 4 is 59.9 Å². The van der Waals surface area contributed by atoms with Crippen LogP contribution in [0.4, 0.5) is 15.2 Å². The minimum Gasteiger partial charge on any atom is -0.330 e. The van der Waals surface area contributed by atoms with Crippen molar-refractivity contribution < 1.29 is 4.39 Å². The van der Waals surface area contributed by atoms with E-state index in [9.17, 15) is 4.39 Å². The zero-order chi connectivity index (χ0) is 13.4. The van der Waals surface area contributed by atoms with Crippen LogP contribution in [0.15, 0.2) is 40.9 Å². The molecular formula is C13H7BrClFN2S. The van der Waals surface area contributed by atoms with Crippen molar-refractivity contribution in [2.24, 2.45) is 0 Å². The molecule has 0 saturated heterocycles. The van der Waals surface area contributed by atoms with Gasteiger partial charge in [0.1, 0.15) is 5.82 Å². The summed E-state index contributed by atoms with van der Waals surface area (Å²) in [7, 11) is 0. The number of halogens is 3. The van der Waals surface area contributed by atoms with Crippen molar-refractivity contribution in [1.29, 1.82) is 0 Å². The number of rotatable bonds is 2. The highest BCUT2D eigenvalue weighted by atomic mass is 79.9. The summed E-state index contributed by atoms with van der Waals surface area (Å²) in [5.41, 5.74) is 1.55. The van der Waals surface area contributed by atoms with E-state index in [1.54, 1.807) is 6.07 Å². The van der Waals surface area contributed by atoms with Gasteiger partial charge in [0.25, 0.3) is 0 Å². The Bertz CT molecular complexity index is 759. The van der Waals surface area contributed by atoms with E-state index in [4.69, 9.17) is 11.6 Å². The topological polar surface area (TPSA) is 24.9 Å². The van der Waals surface area contributed by atoms with Crippen LogP contribution in [0, 0.1) is 5.82 Å². The summed E-state index contributed by atoms with van der Waals surface area (Å²) in [5.74, 6) is -0.358. The van der Waals surface area contributed by atoms with Crippen molar-refractivity contribution in [2.45, 2.75) is 0 Å². The number of fused-ring (bicyclic) bond motifs is 1. The number of thiazole rings is 1. The number of aromatic nitrogens is 1. The number of benzene rings is 2. The molecule has 2 aromatic carbocycles. The SMILES string of the molecule is Fc1ccc(Nc2nc3ccc(Br)cc3s2)c(Cl)c1. The minimum absolute atomic E-state index is 0.334. The number of nitrogens with one attached hydrogen (secondary N) is 1. The van der Waals surface area contributed by atoms with Crippen LogP contribution >= 0.6 is 38.9 Å². The third kappa shape index (κ3) is 2.73. The first-order valence-electron chi connectivity index (χ1n) is 5.40. The van der Waals surface area contributed by atoms with E-state index in [1.807, 2.05) is 18.2 Å². The molecule has 0 radical (unpaired) electrons. The van der Waals surface area contributed by atoms with Gasteiger partial charge in [-0.05, 0) is 36.4 Å². The standard InChI is InChI=1S/C13H7BrClFN2S/c14-7-1-3-11-12(5-7)19-13(18-11)17-10-4-2-8(16)6-9(10)15/h1-6H,(H,17,18). The van der Waals surface area contributed by atoms with Crippen LogP contribution < -0.4 is 5.32 Å². The highest BCUT2D eigenvalue weighted by molar-refractivity contribution is 9.10. The van der Waals surface area contributed by atoms with Crippen LogP contribution in [0.2, 0.25) is 5.02 Å². The van der Waals surface area contributed by atoms with Crippen LogP contribution in [0.5, 0.6) is 0 Å². The van der Waals surface area contributed by atoms with Gasteiger partial charge in [0.05, 0.1) is 20.9 Å². The summed E-state index contributed by atoms with van der Waals surface area (Å²) >= 11 is 10.9. The molecule has 0 saturated carbocycles. The van der Waals surface area contributed by atoms with E-state index >= 15 is 0 Å². The smallest absolute Gasteiger partial charge is 0.188 e. The Balaban J connectivity index is 1.96. The van der Waals surface area contributed by atoms with E-state index in [0.29, 0.717) is 10.7 Å². The average Bonchev–Trinajstić information content (AvgIpc) is 2.74. The van der Waals surface area contributed by atoms with Gasteiger partial charge < -0.3 is 5.32 Å². The lowest BCUT2D eigenvalue weighted by molar-refractivity contribution is 0.628. The summed E-state index contributed by atoms with van der Waals surface area (Å²) in [6.07, 6.45) is 0. The Hall–Kier alpha value is -1.17. The van der Waals surface area contributed by atoms with Gasteiger partial charge in [0, 0.05) is 4.47 Å². The van der Waals surface area contributed by atoms with E-state index in [-0.39, 0.29) is 5.82 Å². The maximum absolute atomic E-state index is 13.0. The Morgan fingerprint density at radius 1 is 1.21 bits per heavy atom. The second kappa shape index (κ2) is 5.07. The third-order valence-corrected chi connectivity index (χ3v) is 4.26. The highest BCUT2D eigenvalue weighted by Crippen LogP contribution is 2.32. The normalized spacial score (nSPS) is 10.9. The molecule has 0 aliphatic rings. The zero-order valence-electron chi connectivity index (χ0n) is 9.45. The summed E-state index contributed by atoms with van der Waals surface area (Å²) < 4.78 is 15.0. The van der Waals surface area contributed by atoms with Crippen molar-refractivity contribution in [2.75, 3.05) is 5.32 Å². The Labute approximate surface area is 126 Å². The molecule has 2 nitrogen and oxygen atoms in total. The Kier molecular flexibility index (Phi) is 3.43. The molecule has 0 unspecified atom stereocenters. The predicted octanol–water partition coefficient (Wildman–Crippen LogP) is 5.59. The second-order valence-electron chi connectivity index (χ2n) is 3.88. The molecule has 3 aromatic rings. The molecule has 0 aliphatic carbocycles. The largest absolute Gasteiger partial charge is 0.330 e. The fourth-order valence-electron chi connectivity index (χ4n) is 1.66. The summed E-state index contributed by atoms with van der Waals surface area (Å²) in [4.78, 5) is 4.45. The average molecular weight is 358 g/mol. The quantitative estimate of drug-likeness (QED) is 0.646. The molecular weight excluding hydrogens is 351 g/mol. The number of nitrogens with zero attached hydrogens (tertiary/aromatic N) is 1. The molecule has 19 heavy (non-hydrogen) atoms. The van der Waals surface area contributed by atoms with Gasteiger partial charge in [-0.3, -0.25) is 0 Å². The van der Waals surface area contributed by atoms with Gasteiger partial charge in [-0.25, -0.2) is 9.37 Å². The van der Waals surface area contributed by atoms with Gasteiger partial charge in [-0.2, -0.15) is 0 Å². The molecule has 0 aliphatic heterocycles. The molecule has 0 fully saturated rings. The highest BCUT2D eigenvalue weighted by Gasteiger charge is 2.07. The second-order valence-corrected chi connectivity index (χ2v) is 6.23. The minimum atomic E-state index is -0.358. The molecule has 96 valence electrons. The van der Waals surface area contributed by atoms with Gasteiger partial charge in [0.15, 0.2) is 5.13 Å². The summed E-state index contributed by atoms with van der Waals surface area (Å²) in [6.45, 7) is 0. The van der Waals surface area contributed by atoms with Gasteiger partial charge in [-0.1, -0.05) is 38.9 Å².